The molecule has 0 aromatic heterocycles. The molecule has 49 heavy (non-hydrogen) atoms. The quantitative estimate of drug-likeness (QED) is 0.0731. The molecule has 19 heteroatoms. The number of carbonyl (C=O) groups is 4. The number of amidine groups is 2. The van der Waals surface area contributed by atoms with Crippen molar-refractivity contribution in [2.24, 2.45) is 11.5 Å². The summed E-state index contributed by atoms with van der Waals surface area (Å²) < 4.78 is 74.2. The molecule has 3 rings (SSSR count). The molecule has 0 saturated heterocycles. The molecule has 1 amide bonds. The molecule has 0 unspecified atom stereocenters. The minimum Gasteiger partial charge on any atom is -0.491 e. The SMILES string of the molecule is COC(=O)c1ccc([C@](C)(COc2cccc(C(=N)N)c2)NC(=O)c2ccc(C(=N)N)cc2)cc1.O=C(O)C(F)(F)F.O=C(O)C(F)(F)F. The average Bonchev–Trinajstić information content (AvgIpc) is 3.03. The van der Waals surface area contributed by atoms with E-state index in [1.54, 1.807) is 79.7 Å². The van der Waals surface area contributed by atoms with Gasteiger partial charge in [0, 0.05) is 16.7 Å². The first-order valence-electron chi connectivity index (χ1n) is 13.1. The number of nitrogen functional groups attached to an aromatic ring is 2. The van der Waals surface area contributed by atoms with Crippen molar-refractivity contribution in [3.63, 3.8) is 0 Å². The zero-order valence-corrected chi connectivity index (χ0v) is 25.4. The number of hydrogen-bond donors (Lipinski definition) is 7. The van der Waals surface area contributed by atoms with Crippen molar-refractivity contribution in [3.8, 4) is 5.75 Å². The Balaban J connectivity index is 0.000000717. The normalized spacial score (nSPS) is 11.9. The number of carbonyl (C=O) groups excluding carboxylic acids is 2. The van der Waals surface area contributed by atoms with Crippen LogP contribution in [0.25, 0.3) is 0 Å². The standard InChI is InChI=1S/C26H27N5O4.2C2HF3O2/c1-26(20-12-10-18(11-13-20)25(33)34-2,15-35-21-5-3-4-19(14-21)23(29)30)31-24(32)17-8-6-16(7-9-17)22(27)28;2*3-2(4,5)1(6)7/h3-14H,15H2,1-2H3,(H3,27,28)(H3,29,30)(H,31,32);2*(H,6,7)/t26-;;/m0../s1. The van der Waals surface area contributed by atoms with Crippen LogP contribution in [0.3, 0.4) is 0 Å². The number of nitrogens with one attached hydrogen (secondary N) is 3. The third kappa shape index (κ3) is 13.2. The van der Waals surface area contributed by atoms with Crippen LogP contribution in [0.5, 0.6) is 5.75 Å². The number of halogens is 6. The van der Waals surface area contributed by atoms with E-state index < -0.39 is 35.8 Å². The molecule has 0 fully saturated rings. The molecule has 0 aliphatic heterocycles. The van der Waals surface area contributed by atoms with Gasteiger partial charge in [-0.3, -0.25) is 15.6 Å². The van der Waals surface area contributed by atoms with Gasteiger partial charge in [0.1, 0.15) is 24.0 Å². The van der Waals surface area contributed by atoms with Gasteiger partial charge in [0.25, 0.3) is 5.91 Å². The Morgan fingerprint density at radius 1 is 0.735 bits per heavy atom. The Morgan fingerprint density at radius 2 is 1.16 bits per heavy atom. The fraction of sp³-hybridized carbons (Fsp3) is 0.200. The van der Waals surface area contributed by atoms with Crippen LogP contribution in [0, 0.1) is 10.8 Å². The van der Waals surface area contributed by atoms with Gasteiger partial charge in [-0.1, -0.05) is 36.4 Å². The molecule has 1 atom stereocenters. The Labute approximate surface area is 273 Å². The molecule has 0 spiro atoms. The molecule has 0 saturated carbocycles. The molecule has 264 valence electrons. The number of alkyl halides is 6. The van der Waals surface area contributed by atoms with Gasteiger partial charge >= 0.3 is 30.3 Å². The highest BCUT2D eigenvalue weighted by atomic mass is 19.4. The lowest BCUT2D eigenvalue weighted by Gasteiger charge is -2.31. The summed E-state index contributed by atoms with van der Waals surface area (Å²) in [6, 6.07) is 19.9. The number of methoxy groups -OCH3 is 1. The van der Waals surface area contributed by atoms with E-state index in [1.807, 2.05) is 0 Å². The summed E-state index contributed by atoms with van der Waals surface area (Å²) in [7, 11) is 1.31. The van der Waals surface area contributed by atoms with Gasteiger partial charge in [0.05, 0.1) is 18.2 Å². The summed E-state index contributed by atoms with van der Waals surface area (Å²) in [6.07, 6.45) is -10.2. The van der Waals surface area contributed by atoms with E-state index in [2.05, 4.69) is 5.32 Å². The van der Waals surface area contributed by atoms with Gasteiger partial charge in [0.2, 0.25) is 0 Å². The second kappa shape index (κ2) is 17.1. The van der Waals surface area contributed by atoms with E-state index in [1.165, 1.54) is 7.11 Å². The number of nitrogens with two attached hydrogens (primary N) is 2. The van der Waals surface area contributed by atoms with E-state index in [0.717, 1.165) is 0 Å². The predicted molar refractivity (Wildman–Crippen MR) is 160 cm³/mol. The largest absolute Gasteiger partial charge is 0.491 e. The Hall–Kier alpha value is -6.14. The van der Waals surface area contributed by atoms with Crippen LogP contribution < -0.4 is 21.5 Å². The number of hydrogen-bond acceptors (Lipinski definition) is 8. The van der Waals surface area contributed by atoms with Gasteiger partial charge < -0.3 is 36.5 Å². The summed E-state index contributed by atoms with van der Waals surface area (Å²) in [4.78, 5) is 42.8. The lowest BCUT2D eigenvalue weighted by atomic mass is 9.91. The maximum Gasteiger partial charge on any atom is 0.490 e. The maximum atomic E-state index is 13.1. The summed E-state index contributed by atoms with van der Waals surface area (Å²) in [5.74, 6) is -6.03. The second-order valence-electron chi connectivity index (χ2n) is 9.68. The number of aliphatic carboxylic acids is 2. The van der Waals surface area contributed by atoms with E-state index in [4.69, 9.17) is 51.6 Å². The van der Waals surface area contributed by atoms with E-state index in [9.17, 15) is 35.9 Å². The molecule has 0 bridgehead atoms. The van der Waals surface area contributed by atoms with Gasteiger partial charge in [0.15, 0.2) is 0 Å². The summed E-state index contributed by atoms with van der Waals surface area (Å²) in [5.41, 5.74) is 12.5. The Bertz CT molecular complexity index is 1640. The Morgan fingerprint density at radius 3 is 1.57 bits per heavy atom. The fourth-order valence-corrected chi connectivity index (χ4v) is 3.39. The van der Waals surface area contributed by atoms with Gasteiger partial charge in [-0.25, -0.2) is 14.4 Å². The zero-order chi connectivity index (χ0) is 37.7. The summed E-state index contributed by atoms with van der Waals surface area (Å²) >= 11 is 0. The monoisotopic (exact) mass is 701 g/mol. The number of rotatable bonds is 9. The molecule has 13 nitrogen and oxygen atoms in total. The highest BCUT2D eigenvalue weighted by Gasteiger charge is 2.39. The van der Waals surface area contributed by atoms with Crippen LogP contribution in [0.2, 0.25) is 0 Å². The van der Waals surface area contributed by atoms with E-state index in [-0.39, 0.29) is 24.2 Å². The third-order valence-corrected chi connectivity index (χ3v) is 5.95. The number of benzene rings is 3. The molecule has 3 aromatic carbocycles. The van der Waals surface area contributed by atoms with Gasteiger partial charge in [-0.05, 0) is 48.9 Å². The van der Waals surface area contributed by atoms with Crippen molar-refractivity contribution in [2.45, 2.75) is 24.8 Å². The van der Waals surface area contributed by atoms with Crippen LogP contribution in [0.15, 0.2) is 72.8 Å². The van der Waals surface area contributed by atoms with Crippen LogP contribution in [0.4, 0.5) is 26.3 Å². The Kier molecular flexibility index (Phi) is 14.3. The topological polar surface area (TPSA) is 239 Å². The zero-order valence-electron chi connectivity index (χ0n) is 25.4. The van der Waals surface area contributed by atoms with Gasteiger partial charge in [-0.15, -0.1) is 0 Å². The minimum atomic E-state index is -5.08. The molecule has 0 aliphatic carbocycles. The maximum absolute atomic E-state index is 13.1. The van der Waals surface area contributed by atoms with Crippen LogP contribution in [-0.4, -0.2) is 71.8 Å². The second-order valence-corrected chi connectivity index (χ2v) is 9.68. The molecular weight excluding hydrogens is 672 g/mol. The molecule has 0 aliphatic rings. The molecule has 0 heterocycles. The number of ether oxygens (including phenoxy) is 2. The first kappa shape index (κ1) is 40.9. The minimum absolute atomic E-state index is 0.0448. The van der Waals surface area contributed by atoms with E-state index in [0.29, 0.717) is 33.6 Å². The summed E-state index contributed by atoms with van der Waals surface area (Å²) in [6.45, 7) is 1.85. The summed E-state index contributed by atoms with van der Waals surface area (Å²) in [5, 5.41) is 32.4. The fourth-order valence-electron chi connectivity index (χ4n) is 3.39. The number of esters is 1. The first-order valence-corrected chi connectivity index (χ1v) is 13.1. The van der Waals surface area contributed by atoms with Crippen molar-refractivity contribution in [1.82, 2.24) is 5.32 Å². The van der Waals surface area contributed by atoms with Crippen molar-refractivity contribution in [1.29, 1.82) is 10.8 Å². The van der Waals surface area contributed by atoms with Crippen molar-refractivity contribution in [3.05, 3.63) is 101 Å². The lowest BCUT2D eigenvalue weighted by molar-refractivity contribution is -0.193. The smallest absolute Gasteiger partial charge is 0.490 e. The van der Waals surface area contributed by atoms with Crippen molar-refractivity contribution < 1.29 is 65.2 Å². The third-order valence-electron chi connectivity index (χ3n) is 5.95. The van der Waals surface area contributed by atoms with Crippen LogP contribution in [0.1, 0.15) is 44.3 Å². The molecule has 0 radical (unpaired) electrons. The van der Waals surface area contributed by atoms with E-state index >= 15 is 0 Å². The van der Waals surface area contributed by atoms with Crippen LogP contribution >= 0.6 is 0 Å². The lowest BCUT2D eigenvalue weighted by Crippen LogP contribution is -2.47. The predicted octanol–water partition coefficient (Wildman–Crippen LogP) is 4.03. The highest BCUT2D eigenvalue weighted by Crippen LogP contribution is 2.25. The molecular formula is C30H29F6N5O8. The molecule has 9 N–H and O–H groups in total. The first-order chi connectivity index (χ1) is 22.5. The van der Waals surface area contributed by atoms with Crippen molar-refractivity contribution in [2.75, 3.05) is 13.7 Å². The number of amides is 1. The van der Waals surface area contributed by atoms with Gasteiger partial charge in [-0.2, -0.15) is 26.3 Å². The van der Waals surface area contributed by atoms with Crippen LogP contribution in [-0.2, 0) is 19.9 Å². The highest BCUT2D eigenvalue weighted by molar-refractivity contribution is 5.98. The average molecular weight is 702 g/mol. The number of carboxylic acids is 2. The number of carboxylic acid groups (broad SMARTS) is 2. The van der Waals surface area contributed by atoms with Crippen molar-refractivity contribution >= 4 is 35.5 Å². The molecule has 3 aromatic rings.